The number of nitrogens with zero attached hydrogens (tertiary/aromatic N) is 3. The molecule has 0 atom stereocenters. The van der Waals surface area contributed by atoms with Crippen molar-refractivity contribution in [2.45, 2.75) is 0 Å². The first-order chi connectivity index (χ1) is 14.1. The van der Waals surface area contributed by atoms with Gasteiger partial charge in [-0.05, 0) is 18.2 Å². The molecular formula is C22H18N4O3. The van der Waals surface area contributed by atoms with E-state index in [-0.39, 0.29) is 5.88 Å². The van der Waals surface area contributed by atoms with Gasteiger partial charge in [-0.2, -0.15) is 0 Å². The number of methoxy groups -OCH3 is 2. The third-order valence-electron chi connectivity index (χ3n) is 5.14. The summed E-state index contributed by atoms with van der Waals surface area (Å²) >= 11 is 0. The topological polar surface area (TPSA) is 95.4 Å². The number of para-hydroxylation sites is 1. The molecule has 0 radical (unpaired) electrons. The van der Waals surface area contributed by atoms with Crippen LogP contribution in [0.1, 0.15) is 0 Å². The summed E-state index contributed by atoms with van der Waals surface area (Å²) in [6.07, 6.45) is 9.12. The Morgan fingerprint density at radius 2 is 1.97 bits per heavy atom. The number of rotatable bonds is 4. The summed E-state index contributed by atoms with van der Waals surface area (Å²) in [5.41, 5.74) is 10.7. The van der Waals surface area contributed by atoms with Crippen molar-refractivity contribution in [1.29, 1.82) is 0 Å². The van der Waals surface area contributed by atoms with Crippen molar-refractivity contribution in [2.75, 3.05) is 20.0 Å². The summed E-state index contributed by atoms with van der Waals surface area (Å²) in [7, 11) is 3.16. The number of nitrogen functional groups attached to an aromatic ring is 1. The van der Waals surface area contributed by atoms with Crippen LogP contribution >= 0.6 is 0 Å². The fourth-order valence-corrected chi connectivity index (χ4v) is 3.62. The minimum absolute atomic E-state index is 0.0773. The van der Waals surface area contributed by atoms with E-state index in [0.29, 0.717) is 33.7 Å². The van der Waals surface area contributed by atoms with Crippen molar-refractivity contribution in [3.05, 3.63) is 54.9 Å². The highest BCUT2D eigenvalue weighted by atomic mass is 16.5. The van der Waals surface area contributed by atoms with Gasteiger partial charge in [0.25, 0.3) is 0 Å². The number of aromatic nitrogens is 3. The SMILES string of the molecule is COc1cnc(OC)c(-c2cccc3c(N)c4c(O)n(C5=CC=C5)cc4nc23)c1. The van der Waals surface area contributed by atoms with Crippen LogP contribution in [0.25, 0.3) is 38.6 Å². The van der Waals surface area contributed by atoms with Gasteiger partial charge in [0.15, 0.2) is 0 Å². The number of benzene rings is 1. The fourth-order valence-electron chi connectivity index (χ4n) is 3.62. The molecule has 0 unspecified atom stereocenters. The van der Waals surface area contributed by atoms with Gasteiger partial charge >= 0.3 is 0 Å². The Balaban J connectivity index is 1.83. The molecule has 3 aromatic heterocycles. The third kappa shape index (κ3) is 2.44. The summed E-state index contributed by atoms with van der Waals surface area (Å²) in [5, 5.41) is 12.0. The van der Waals surface area contributed by atoms with Gasteiger partial charge < -0.3 is 20.3 Å². The lowest BCUT2D eigenvalue weighted by atomic mass is 10.0. The zero-order valence-electron chi connectivity index (χ0n) is 15.9. The summed E-state index contributed by atoms with van der Waals surface area (Å²) < 4.78 is 12.5. The quantitative estimate of drug-likeness (QED) is 0.551. The van der Waals surface area contributed by atoms with Crippen LogP contribution in [0.15, 0.2) is 54.9 Å². The molecule has 0 bridgehead atoms. The first-order valence-corrected chi connectivity index (χ1v) is 9.01. The van der Waals surface area contributed by atoms with E-state index < -0.39 is 0 Å². The Kier molecular flexibility index (Phi) is 3.70. The molecule has 3 N–H and O–H groups in total. The van der Waals surface area contributed by atoms with Gasteiger partial charge in [-0.25, -0.2) is 9.97 Å². The molecule has 144 valence electrons. The predicted molar refractivity (Wildman–Crippen MR) is 113 cm³/mol. The number of nitrogens with two attached hydrogens (primary N) is 1. The highest BCUT2D eigenvalue weighted by Crippen LogP contribution is 2.42. The minimum Gasteiger partial charge on any atom is -0.495 e. The number of anilines is 1. The van der Waals surface area contributed by atoms with Crippen LogP contribution in [0.4, 0.5) is 5.69 Å². The van der Waals surface area contributed by atoms with Crippen molar-refractivity contribution >= 4 is 33.2 Å². The summed E-state index contributed by atoms with van der Waals surface area (Å²) in [6, 6.07) is 7.58. The van der Waals surface area contributed by atoms with Crippen LogP contribution in [-0.4, -0.2) is 33.9 Å². The molecule has 1 aromatic carbocycles. The highest BCUT2D eigenvalue weighted by molar-refractivity contribution is 6.12. The van der Waals surface area contributed by atoms with Crippen molar-refractivity contribution in [2.24, 2.45) is 0 Å². The second kappa shape index (κ2) is 6.27. The van der Waals surface area contributed by atoms with Gasteiger partial charge in [0.05, 0.1) is 42.5 Å². The van der Waals surface area contributed by atoms with E-state index in [1.165, 1.54) is 0 Å². The zero-order valence-corrected chi connectivity index (χ0v) is 15.9. The van der Waals surface area contributed by atoms with E-state index in [1.54, 1.807) is 31.2 Å². The molecule has 7 heteroatoms. The van der Waals surface area contributed by atoms with Crippen LogP contribution in [0.3, 0.4) is 0 Å². The molecule has 7 nitrogen and oxygen atoms in total. The zero-order chi connectivity index (χ0) is 20.1. The molecule has 3 heterocycles. The predicted octanol–water partition coefficient (Wildman–Crippen LogP) is 3.97. The maximum Gasteiger partial charge on any atom is 0.221 e. The number of allylic oxidation sites excluding steroid dienone is 4. The highest BCUT2D eigenvalue weighted by Gasteiger charge is 2.20. The van der Waals surface area contributed by atoms with Gasteiger partial charge in [-0.1, -0.05) is 24.3 Å². The Bertz CT molecular complexity index is 1350. The maximum atomic E-state index is 10.7. The molecule has 1 aliphatic carbocycles. The fraction of sp³-hybridized carbons (Fsp3) is 0.0909. The minimum atomic E-state index is 0.0773. The number of hydrogen-bond acceptors (Lipinski definition) is 6. The van der Waals surface area contributed by atoms with E-state index in [2.05, 4.69) is 4.98 Å². The molecular weight excluding hydrogens is 368 g/mol. The Morgan fingerprint density at radius 1 is 1.14 bits per heavy atom. The van der Waals surface area contributed by atoms with E-state index >= 15 is 0 Å². The Labute approximate surface area is 166 Å². The largest absolute Gasteiger partial charge is 0.495 e. The van der Waals surface area contributed by atoms with E-state index in [1.807, 2.05) is 42.5 Å². The van der Waals surface area contributed by atoms with E-state index in [0.717, 1.165) is 22.2 Å². The second-order valence-corrected chi connectivity index (χ2v) is 6.69. The van der Waals surface area contributed by atoms with Crippen molar-refractivity contribution in [3.63, 3.8) is 0 Å². The third-order valence-corrected chi connectivity index (χ3v) is 5.14. The molecule has 0 spiro atoms. The average molecular weight is 386 g/mol. The van der Waals surface area contributed by atoms with Crippen molar-refractivity contribution < 1.29 is 14.6 Å². The Morgan fingerprint density at radius 3 is 2.66 bits per heavy atom. The summed E-state index contributed by atoms with van der Waals surface area (Å²) in [6.45, 7) is 0. The molecule has 0 saturated heterocycles. The lowest BCUT2D eigenvalue weighted by molar-refractivity contribution is 0.389. The van der Waals surface area contributed by atoms with Gasteiger partial charge in [0.2, 0.25) is 11.8 Å². The average Bonchev–Trinajstić information content (AvgIpc) is 3.02. The molecule has 0 amide bonds. The van der Waals surface area contributed by atoms with Gasteiger partial charge in [-0.3, -0.25) is 4.57 Å². The normalized spacial score (nSPS) is 12.8. The second-order valence-electron chi connectivity index (χ2n) is 6.69. The number of aromatic hydroxyl groups is 1. The van der Waals surface area contributed by atoms with E-state index in [4.69, 9.17) is 20.2 Å². The number of fused-ring (bicyclic) bond motifs is 2. The molecule has 4 aromatic rings. The van der Waals surface area contributed by atoms with Crippen LogP contribution in [0, 0.1) is 0 Å². The molecule has 5 rings (SSSR count). The smallest absolute Gasteiger partial charge is 0.221 e. The van der Waals surface area contributed by atoms with Crippen LogP contribution in [-0.2, 0) is 0 Å². The summed E-state index contributed by atoms with van der Waals surface area (Å²) in [4.78, 5) is 9.16. The van der Waals surface area contributed by atoms with Gasteiger partial charge in [0, 0.05) is 28.4 Å². The number of pyridine rings is 2. The molecule has 0 fully saturated rings. The van der Waals surface area contributed by atoms with Crippen molar-refractivity contribution in [1.82, 2.24) is 14.5 Å². The molecule has 29 heavy (non-hydrogen) atoms. The van der Waals surface area contributed by atoms with Crippen LogP contribution in [0.2, 0.25) is 0 Å². The Hall–Kier alpha value is -4.00. The standard InChI is InChI=1S/C22H18N4O3/c1-28-13-9-16(21(29-2)24-10-13)14-7-4-8-15-19(23)18-17(25-20(14)15)11-26(22(18)27)12-5-3-6-12/h3-11,27H,23H2,1-2H3. The van der Waals surface area contributed by atoms with Gasteiger partial charge in [-0.15, -0.1) is 0 Å². The maximum absolute atomic E-state index is 10.7. The lowest BCUT2D eigenvalue weighted by Gasteiger charge is -2.13. The monoisotopic (exact) mass is 386 g/mol. The number of ether oxygens (including phenoxy) is 2. The number of hydrogen-bond donors (Lipinski definition) is 2. The summed E-state index contributed by atoms with van der Waals surface area (Å²) in [5.74, 6) is 1.15. The molecule has 1 aliphatic rings. The molecule has 0 saturated carbocycles. The lowest BCUT2D eigenvalue weighted by Crippen LogP contribution is -1.97. The first kappa shape index (κ1) is 17.1. The van der Waals surface area contributed by atoms with Crippen LogP contribution < -0.4 is 15.2 Å². The van der Waals surface area contributed by atoms with Crippen LogP contribution in [0.5, 0.6) is 17.5 Å². The van der Waals surface area contributed by atoms with Gasteiger partial charge in [0.1, 0.15) is 5.75 Å². The molecule has 0 aliphatic heterocycles. The first-order valence-electron chi connectivity index (χ1n) is 9.01. The van der Waals surface area contributed by atoms with E-state index in [9.17, 15) is 5.11 Å². The van der Waals surface area contributed by atoms with Crippen molar-refractivity contribution in [3.8, 4) is 28.6 Å².